The van der Waals surface area contributed by atoms with Crippen LogP contribution in [-0.2, 0) is 20.5 Å². The lowest BCUT2D eigenvalue weighted by Gasteiger charge is -2.34. The summed E-state index contributed by atoms with van der Waals surface area (Å²) in [6.45, 7) is 5.70. The van der Waals surface area contributed by atoms with Gasteiger partial charge in [-0.25, -0.2) is 18.0 Å². The number of alkyl halides is 2. The predicted octanol–water partition coefficient (Wildman–Crippen LogP) is 4.79. The minimum absolute atomic E-state index is 0.210. The van der Waals surface area contributed by atoms with Crippen molar-refractivity contribution in [3.8, 4) is 0 Å². The largest absolute Gasteiger partial charge is 0.465 e. The molecule has 1 aromatic carbocycles. The number of ether oxygens (including phenoxy) is 1. The number of nitrogens with one attached hydrogen (secondary N) is 1. The lowest BCUT2D eigenvalue weighted by molar-refractivity contribution is -0.142. The van der Waals surface area contributed by atoms with Gasteiger partial charge in [-0.15, -0.1) is 0 Å². The van der Waals surface area contributed by atoms with Crippen LogP contribution in [0.2, 0.25) is 0 Å². The second kappa shape index (κ2) is 12.9. The van der Waals surface area contributed by atoms with Gasteiger partial charge in [-0.1, -0.05) is 6.07 Å². The van der Waals surface area contributed by atoms with E-state index in [-0.39, 0.29) is 32.5 Å². The standard InChI is InChI=1S/C30H39F2N7O3S/c1-3-42-28(40)21(2)43(41)37-22-7-8-24(26(19-22)38-15-11-29(9-10-29)12-16-38)34-20-25(36-33)23-5-4-6-27(35-23)39-17-13-30(31,32)14-18-39/h4-8,19-21,37H,3,9-18,33H2,1-2H3/b34-20?,36-25+. The third-order valence-corrected chi connectivity index (χ3v) is 9.81. The summed E-state index contributed by atoms with van der Waals surface area (Å²) in [4.78, 5) is 25.6. The molecular formula is C30H39F2N7O3S. The van der Waals surface area contributed by atoms with Gasteiger partial charge in [0.1, 0.15) is 27.8 Å². The number of anilines is 3. The molecule has 0 bridgehead atoms. The van der Waals surface area contributed by atoms with Gasteiger partial charge in [-0.2, -0.15) is 5.10 Å². The lowest BCUT2D eigenvalue weighted by atomic mass is 9.93. The van der Waals surface area contributed by atoms with Gasteiger partial charge in [-0.3, -0.25) is 9.79 Å². The van der Waals surface area contributed by atoms with Crippen molar-refractivity contribution in [2.75, 3.05) is 47.3 Å². The summed E-state index contributed by atoms with van der Waals surface area (Å²) < 4.78 is 48.2. The zero-order valence-electron chi connectivity index (χ0n) is 24.6. The number of aliphatic imine (C=N–C) groups is 1. The fourth-order valence-corrected chi connectivity index (χ4v) is 6.28. The third-order valence-electron chi connectivity index (χ3n) is 8.54. The average molecular weight is 616 g/mol. The summed E-state index contributed by atoms with van der Waals surface area (Å²) in [5.41, 5.74) is 3.45. The van der Waals surface area contributed by atoms with Crippen molar-refractivity contribution in [1.29, 1.82) is 0 Å². The summed E-state index contributed by atoms with van der Waals surface area (Å²) in [6, 6.07) is 10.8. The monoisotopic (exact) mass is 615 g/mol. The molecule has 10 nitrogen and oxygen atoms in total. The molecular weight excluding hydrogens is 576 g/mol. The van der Waals surface area contributed by atoms with E-state index >= 15 is 0 Å². The van der Waals surface area contributed by atoms with Gasteiger partial charge in [0.2, 0.25) is 0 Å². The van der Waals surface area contributed by atoms with Crippen LogP contribution in [-0.4, -0.2) is 71.0 Å². The Labute approximate surface area is 253 Å². The Balaban J connectivity index is 1.36. The van der Waals surface area contributed by atoms with Crippen LogP contribution in [0.1, 0.15) is 58.1 Å². The highest BCUT2D eigenvalue weighted by molar-refractivity contribution is 7.87. The molecule has 3 N–H and O–H groups in total. The smallest absolute Gasteiger partial charge is 0.323 e. The van der Waals surface area contributed by atoms with Crippen LogP contribution in [0.3, 0.4) is 0 Å². The molecule has 13 heteroatoms. The van der Waals surface area contributed by atoms with E-state index in [4.69, 9.17) is 15.6 Å². The third kappa shape index (κ3) is 7.49. The van der Waals surface area contributed by atoms with Gasteiger partial charge < -0.3 is 25.1 Å². The molecule has 0 amide bonds. The van der Waals surface area contributed by atoms with Gasteiger partial charge in [0.15, 0.2) is 0 Å². The molecule has 1 saturated carbocycles. The van der Waals surface area contributed by atoms with Crippen molar-refractivity contribution >= 4 is 51.8 Å². The maximum Gasteiger partial charge on any atom is 0.323 e. The van der Waals surface area contributed by atoms with Crippen molar-refractivity contribution < 1.29 is 22.5 Å². The van der Waals surface area contributed by atoms with Crippen LogP contribution < -0.4 is 20.4 Å². The Kier molecular flexibility index (Phi) is 9.28. The fourth-order valence-electron chi connectivity index (χ4n) is 5.50. The van der Waals surface area contributed by atoms with Gasteiger partial charge in [0, 0.05) is 44.7 Å². The van der Waals surface area contributed by atoms with Gasteiger partial charge in [-0.05, 0) is 75.3 Å². The molecule has 1 spiro atoms. The van der Waals surface area contributed by atoms with Crippen molar-refractivity contribution in [3.05, 3.63) is 42.1 Å². The number of rotatable bonds is 10. The molecule has 2 aliphatic heterocycles. The molecule has 1 aliphatic carbocycles. The molecule has 3 fully saturated rings. The Morgan fingerprint density at radius 3 is 2.47 bits per heavy atom. The van der Waals surface area contributed by atoms with E-state index in [0.717, 1.165) is 31.6 Å². The Bertz CT molecular complexity index is 1400. The van der Waals surface area contributed by atoms with E-state index in [0.29, 0.717) is 34.0 Å². The highest BCUT2D eigenvalue weighted by atomic mass is 32.2. The minimum atomic E-state index is -2.64. The molecule has 2 saturated heterocycles. The van der Waals surface area contributed by atoms with Crippen molar-refractivity contribution in [2.24, 2.45) is 21.4 Å². The predicted molar refractivity (Wildman–Crippen MR) is 167 cm³/mol. The minimum Gasteiger partial charge on any atom is -0.465 e. The van der Waals surface area contributed by atoms with Gasteiger partial charge in [0.05, 0.1) is 29.9 Å². The summed E-state index contributed by atoms with van der Waals surface area (Å²) in [5.74, 6) is 3.18. The number of carbonyl (C=O) groups is 1. The second-order valence-corrected chi connectivity index (χ2v) is 13.0. The molecule has 2 atom stereocenters. The van der Waals surface area contributed by atoms with E-state index < -0.39 is 28.1 Å². The number of carbonyl (C=O) groups excluding carboxylic acids is 1. The number of pyridine rings is 1. The second-order valence-electron chi connectivity index (χ2n) is 11.5. The number of nitrogens with two attached hydrogens (primary N) is 1. The van der Waals surface area contributed by atoms with E-state index in [1.54, 1.807) is 44.3 Å². The SMILES string of the molecule is CCOC(=O)C(C)S(=O)Nc1ccc(N=C/C(=N\N)c2cccc(N3CCC(F)(F)CC3)n2)c(N2CCC3(CC2)CC3)c1. The molecule has 2 aromatic rings. The van der Waals surface area contributed by atoms with E-state index in [2.05, 4.69) is 19.7 Å². The number of hydrogen-bond acceptors (Lipinski definition) is 9. The number of esters is 1. The van der Waals surface area contributed by atoms with Crippen LogP contribution in [0.25, 0.3) is 0 Å². The van der Waals surface area contributed by atoms with E-state index in [1.165, 1.54) is 12.8 Å². The quantitative estimate of drug-likeness (QED) is 0.170. The van der Waals surface area contributed by atoms with Crippen molar-refractivity contribution in [1.82, 2.24) is 4.98 Å². The summed E-state index contributed by atoms with van der Waals surface area (Å²) in [6.07, 6.45) is 5.90. The normalized spacial score (nSPS) is 21.1. The zero-order valence-corrected chi connectivity index (χ0v) is 25.4. The molecule has 3 heterocycles. The van der Waals surface area contributed by atoms with Crippen LogP contribution >= 0.6 is 0 Å². The number of halogens is 2. The first kappa shape index (κ1) is 30.8. The average Bonchev–Trinajstić information content (AvgIpc) is 3.76. The number of nitrogens with zero attached hydrogens (tertiary/aromatic N) is 5. The first-order valence-electron chi connectivity index (χ1n) is 14.8. The van der Waals surface area contributed by atoms with Crippen molar-refractivity contribution in [2.45, 2.75) is 63.5 Å². The fraction of sp³-hybridized carbons (Fsp3) is 0.533. The summed E-state index contributed by atoms with van der Waals surface area (Å²) in [5, 5.41) is 3.08. The maximum absolute atomic E-state index is 13.7. The highest BCUT2D eigenvalue weighted by Gasteiger charge is 2.44. The van der Waals surface area contributed by atoms with E-state index in [1.807, 2.05) is 17.0 Å². The maximum atomic E-state index is 13.7. The Morgan fingerprint density at radius 2 is 1.81 bits per heavy atom. The van der Waals surface area contributed by atoms with Crippen LogP contribution in [0.5, 0.6) is 0 Å². The molecule has 0 radical (unpaired) electrons. The van der Waals surface area contributed by atoms with Crippen LogP contribution in [0.15, 0.2) is 46.5 Å². The molecule has 43 heavy (non-hydrogen) atoms. The van der Waals surface area contributed by atoms with Gasteiger partial charge >= 0.3 is 5.97 Å². The molecule has 5 rings (SSSR count). The zero-order chi connectivity index (χ0) is 30.6. The lowest BCUT2D eigenvalue weighted by Crippen LogP contribution is -2.39. The van der Waals surface area contributed by atoms with Crippen molar-refractivity contribution in [3.63, 3.8) is 0 Å². The first-order valence-corrected chi connectivity index (χ1v) is 16.0. The molecule has 1 aromatic heterocycles. The number of hydrazone groups is 1. The van der Waals surface area contributed by atoms with Crippen LogP contribution in [0.4, 0.5) is 31.7 Å². The Morgan fingerprint density at radius 1 is 1.12 bits per heavy atom. The number of aromatic nitrogens is 1. The summed E-state index contributed by atoms with van der Waals surface area (Å²) >= 11 is 0. The summed E-state index contributed by atoms with van der Waals surface area (Å²) in [7, 11) is -1.69. The molecule has 3 aliphatic rings. The first-order chi connectivity index (χ1) is 20.6. The van der Waals surface area contributed by atoms with E-state index in [9.17, 15) is 17.8 Å². The number of benzene rings is 1. The highest BCUT2D eigenvalue weighted by Crippen LogP contribution is 2.54. The van der Waals surface area contributed by atoms with Gasteiger partial charge in [0.25, 0.3) is 5.92 Å². The molecule has 2 unspecified atom stereocenters. The van der Waals surface area contributed by atoms with Crippen LogP contribution in [0, 0.1) is 5.41 Å². The number of piperidine rings is 2. The Hall–Kier alpha value is -3.61. The molecule has 232 valence electrons. The topological polar surface area (TPSA) is 126 Å². The number of hydrogen-bond donors (Lipinski definition) is 2.